The van der Waals surface area contributed by atoms with Crippen LogP contribution in [0.2, 0.25) is 0 Å². The van der Waals surface area contributed by atoms with Gasteiger partial charge in [0, 0.05) is 13.1 Å². The molecule has 0 aliphatic heterocycles. The Morgan fingerprint density at radius 2 is 1.95 bits per heavy atom. The van der Waals surface area contributed by atoms with Crippen LogP contribution in [0.25, 0.3) is 0 Å². The van der Waals surface area contributed by atoms with E-state index in [0.29, 0.717) is 19.0 Å². The smallest absolute Gasteiger partial charge is 0.224 e. The Morgan fingerprint density at radius 3 is 2.65 bits per heavy atom. The lowest BCUT2D eigenvalue weighted by atomic mass is 10.0. The Bertz CT molecular complexity index is 545. The highest BCUT2D eigenvalue weighted by Crippen LogP contribution is 2.17. The van der Waals surface area contributed by atoms with Gasteiger partial charge < -0.3 is 10.6 Å². The van der Waals surface area contributed by atoms with E-state index in [2.05, 4.69) is 39.7 Å². The first-order chi connectivity index (χ1) is 9.70. The molecular weight excluding hydrogens is 255 g/mol. The van der Waals surface area contributed by atoms with Gasteiger partial charge in [-0.2, -0.15) is 4.98 Å². The van der Waals surface area contributed by atoms with Crippen LogP contribution < -0.4 is 10.6 Å². The van der Waals surface area contributed by atoms with E-state index in [-0.39, 0.29) is 11.7 Å². The van der Waals surface area contributed by atoms with Crippen molar-refractivity contribution in [3.05, 3.63) is 47.9 Å². The van der Waals surface area contributed by atoms with E-state index in [1.54, 1.807) is 0 Å². The van der Waals surface area contributed by atoms with Crippen LogP contribution in [0.3, 0.4) is 0 Å². The van der Waals surface area contributed by atoms with Crippen LogP contribution in [0.4, 0.5) is 16.2 Å². The van der Waals surface area contributed by atoms with Crippen molar-refractivity contribution in [1.29, 1.82) is 0 Å². The van der Waals surface area contributed by atoms with Crippen LogP contribution in [0.1, 0.15) is 25.3 Å². The van der Waals surface area contributed by atoms with Crippen molar-refractivity contribution in [1.82, 2.24) is 9.97 Å². The number of benzene rings is 1. The largest absolute Gasteiger partial charge is 0.367 e. The molecule has 0 aliphatic carbocycles. The molecule has 0 fully saturated rings. The van der Waals surface area contributed by atoms with E-state index in [9.17, 15) is 4.39 Å². The summed E-state index contributed by atoms with van der Waals surface area (Å²) in [6.07, 6.45) is 1.18. The van der Waals surface area contributed by atoms with Crippen molar-refractivity contribution < 1.29 is 4.39 Å². The van der Waals surface area contributed by atoms with Crippen LogP contribution in [-0.4, -0.2) is 23.1 Å². The van der Waals surface area contributed by atoms with Crippen molar-refractivity contribution >= 4 is 11.8 Å². The maximum atomic E-state index is 13.6. The molecule has 5 heteroatoms. The van der Waals surface area contributed by atoms with Gasteiger partial charge in [-0.25, -0.2) is 9.37 Å². The highest BCUT2D eigenvalue weighted by Gasteiger charge is 2.09. The third-order valence-corrected chi connectivity index (χ3v) is 3.02. The van der Waals surface area contributed by atoms with E-state index in [4.69, 9.17) is 0 Å². The van der Waals surface area contributed by atoms with Crippen molar-refractivity contribution in [2.24, 2.45) is 0 Å². The van der Waals surface area contributed by atoms with E-state index in [1.807, 2.05) is 25.1 Å². The van der Waals surface area contributed by atoms with Gasteiger partial charge in [0.05, 0.1) is 6.20 Å². The summed E-state index contributed by atoms with van der Waals surface area (Å²) in [6, 6.07) is 10.1. The molecule has 0 bridgehead atoms. The number of anilines is 2. The van der Waals surface area contributed by atoms with Gasteiger partial charge in [0.15, 0.2) is 11.6 Å². The average molecular weight is 274 g/mol. The lowest BCUT2D eigenvalue weighted by molar-refractivity contribution is 0.615. The highest BCUT2D eigenvalue weighted by molar-refractivity contribution is 5.41. The summed E-state index contributed by atoms with van der Waals surface area (Å²) in [4.78, 5) is 8.00. The maximum Gasteiger partial charge on any atom is 0.224 e. The summed E-state index contributed by atoms with van der Waals surface area (Å²) >= 11 is 0. The normalized spacial score (nSPS) is 11.9. The molecule has 20 heavy (non-hydrogen) atoms. The molecule has 1 atom stereocenters. The SMILES string of the molecule is CCNc1ncc(F)c(NCC(C)c2ccccc2)n1. The first kappa shape index (κ1) is 14.2. The van der Waals surface area contributed by atoms with Crippen molar-refractivity contribution in [3.8, 4) is 0 Å². The molecule has 106 valence electrons. The number of nitrogens with one attached hydrogen (secondary N) is 2. The molecule has 4 nitrogen and oxygen atoms in total. The van der Waals surface area contributed by atoms with E-state index in [1.165, 1.54) is 11.8 Å². The Hall–Kier alpha value is -2.17. The molecule has 0 spiro atoms. The minimum atomic E-state index is -0.438. The topological polar surface area (TPSA) is 49.8 Å². The summed E-state index contributed by atoms with van der Waals surface area (Å²) in [5.74, 6) is 0.502. The number of hydrogen-bond acceptors (Lipinski definition) is 4. The first-order valence-corrected chi connectivity index (χ1v) is 6.76. The van der Waals surface area contributed by atoms with Gasteiger partial charge in [0.1, 0.15) is 0 Å². The molecule has 2 N–H and O–H groups in total. The van der Waals surface area contributed by atoms with Crippen LogP contribution in [0, 0.1) is 5.82 Å². The molecule has 0 aliphatic rings. The fourth-order valence-corrected chi connectivity index (χ4v) is 1.88. The average Bonchev–Trinajstić information content (AvgIpc) is 2.48. The molecule has 1 aromatic heterocycles. The van der Waals surface area contributed by atoms with Crippen molar-refractivity contribution in [3.63, 3.8) is 0 Å². The second-order valence-corrected chi connectivity index (χ2v) is 4.61. The van der Waals surface area contributed by atoms with Crippen LogP contribution in [0.5, 0.6) is 0 Å². The zero-order valence-corrected chi connectivity index (χ0v) is 11.7. The Kier molecular flexibility index (Phi) is 4.87. The third kappa shape index (κ3) is 3.66. The van der Waals surface area contributed by atoms with Crippen molar-refractivity contribution in [2.45, 2.75) is 19.8 Å². The second-order valence-electron chi connectivity index (χ2n) is 4.61. The summed E-state index contributed by atoms with van der Waals surface area (Å²) in [6.45, 7) is 5.35. The van der Waals surface area contributed by atoms with Gasteiger partial charge in [-0.15, -0.1) is 0 Å². The van der Waals surface area contributed by atoms with E-state index in [0.717, 1.165) is 0 Å². The van der Waals surface area contributed by atoms with Gasteiger partial charge in [-0.3, -0.25) is 0 Å². The molecule has 2 rings (SSSR count). The molecule has 1 heterocycles. The third-order valence-electron chi connectivity index (χ3n) is 3.02. The summed E-state index contributed by atoms with van der Waals surface area (Å²) in [5, 5.41) is 6.01. The molecule has 1 aromatic carbocycles. The quantitative estimate of drug-likeness (QED) is 0.849. The fraction of sp³-hybridized carbons (Fsp3) is 0.333. The molecule has 0 saturated heterocycles. The lowest BCUT2D eigenvalue weighted by Crippen LogP contribution is -2.13. The fourth-order valence-electron chi connectivity index (χ4n) is 1.88. The van der Waals surface area contributed by atoms with Gasteiger partial charge in [0.2, 0.25) is 5.95 Å². The van der Waals surface area contributed by atoms with Crippen LogP contribution in [0.15, 0.2) is 36.5 Å². The summed E-state index contributed by atoms with van der Waals surface area (Å²) in [5.41, 5.74) is 1.21. The van der Waals surface area contributed by atoms with Gasteiger partial charge in [-0.1, -0.05) is 37.3 Å². The van der Waals surface area contributed by atoms with Crippen molar-refractivity contribution in [2.75, 3.05) is 23.7 Å². The zero-order chi connectivity index (χ0) is 14.4. The number of rotatable bonds is 6. The van der Waals surface area contributed by atoms with E-state index >= 15 is 0 Å². The zero-order valence-electron chi connectivity index (χ0n) is 11.7. The minimum Gasteiger partial charge on any atom is -0.367 e. The first-order valence-electron chi connectivity index (χ1n) is 6.76. The number of hydrogen-bond donors (Lipinski definition) is 2. The highest BCUT2D eigenvalue weighted by atomic mass is 19.1. The molecule has 0 saturated carbocycles. The Labute approximate surface area is 118 Å². The predicted octanol–water partition coefficient (Wildman–Crippen LogP) is 3.26. The molecule has 1 unspecified atom stereocenters. The predicted molar refractivity (Wildman–Crippen MR) is 79.5 cm³/mol. The lowest BCUT2D eigenvalue weighted by Gasteiger charge is -2.14. The Morgan fingerprint density at radius 1 is 1.20 bits per heavy atom. The summed E-state index contributed by atoms with van der Waals surface area (Å²) < 4.78 is 13.6. The molecular formula is C15H19FN4. The summed E-state index contributed by atoms with van der Waals surface area (Å²) in [7, 11) is 0. The standard InChI is InChI=1S/C15H19FN4/c1-3-17-15-19-10-13(16)14(20-15)18-9-11(2)12-7-5-4-6-8-12/h4-8,10-11H,3,9H2,1-2H3,(H2,17,18,19,20). The molecule has 0 amide bonds. The Balaban J connectivity index is 2.01. The van der Waals surface area contributed by atoms with Crippen LogP contribution >= 0.6 is 0 Å². The maximum absolute atomic E-state index is 13.6. The molecule has 0 radical (unpaired) electrons. The number of halogens is 1. The number of aromatic nitrogens is 2. The minimum absolute atomic E-state index is 0.235. The second kappa shape index (κ2) is 6.84. The monoisotopic (exact) mass is 274 g/mol. The molecule has 2 aromatic rings. The van der Waals surface area contributed by atoms with Crippen LogP contribution in [-0.2, 0) is 0 Å². The van der Waals surface area contributed by atoms with E-state index < -0.39 is 5.82 Å². The number of nitrogens with zero attached hydrogens (tertiary/aromatic N) is 2. The van der Waals surface area contributed by atoms with Gasteiger partial charge in [0.25, 0.3) is 0 Å². The van der Waals surface area contributed by atoms with Gasteiger partial charge >= 0.3 is 0 Å². The van der Waals surface area contributed by atoms with Gasteiger partial charge in [-0.05, 0) is 18.4 Å².